The van der Waals surface area contributed by atoms with Gasteiger partial charge in [-0.2, -0.15) is 9.83 Å². The molecule has 162 valence electrons. The van der Waals surface area contributed by atoms with E-state index in [0.717, 1.165) is 54.0 Å². The molecule has 0 amide bonds. The van der Waals surface area contributed by atoms with E-state index in [1.54, 1.807) is 25.5 Å². The zero-order valence-corrected chi connectivity index (χ0v) is 19.1. The van der Waals surface area contributed by atoms with Crippen molar-refractivity contribution in [2.75, 3.05) is 0 Å². The summed E-state index contributed by atoms with van der Waals surface area (Å²) >= 11 is 0. The molecule has 32 heavy (non-hydrogen) atoms. The van der Waals surface area contributed by atoms with Crippen molar-refractivity contribution in [3.63, 3.8) is 0 Å². The van der Waals surface area contributed by atoms with Gasteiger partial charge in [-0.15, -0.1) is 0 Å². The van der Waals surface area contributed by atoms with E-state index >= 15 is 0 Å². The third-order valence-corrected chi connectivity index (χ3v) is 7.05. The first kappa shape index (κ1) is 15.6. The number of furan rings is 1. The highest BCUT2D eigenvalue weighted by Crippen LogP contribution is 2.41. The fourth-order valence-corrected chi connectivity index (χ4v) is 5.05. The van der Waals surface area contributed by atoms with Gasteiger partial charge in [0.2, 0.25) is 5.69 Å². The Bertz CT molecular complexity index is 1590. The molecule has 3 heteroatoms. The topological polar surface area (TPSA) is 40.8 Å². The summed E-state index contributed by atoms with van der Waals surface area (Å²) in [5.41, 5.74) is 5.68. The zero-order chi connectivity index (χ0) is 26.9. The zero-order valence-electron chi connectivity index (χ0n) is 24.1. The van der Waals surface area contributed by atoms with Gasteiger partial charge in [0.15, 0.2) is 11.3 Å². The average molecular weight is 429 g/mol. The molecule has 1 aliphatic rings. The second kappa shape index (κ2) is 7.78. The van der Waals surface area contributed by atoms with Crippen LogP contribution in [-0.2, 0) is 7.05 Å². The molecule has 0 aliphatic heterocycles. The SMILES string of the molecule is [2H]c1c(C)c(C([2H])([2H])[2H])c(C)[n+](C)c1-c1c(C)ccc2c1oc1c(C#N)cc(C3([2H])CCCCC3)cc12. The number of hydrogen-bond donors (Lipinski definition) is 0. The van der Waals surface area contributed by atoms with E-state index in [-0.39, 0.29) is 11.6 Å². The molecule has 5 rings (SSSR count). The summed E-state index contributed by atoms with van der Waals surface area (Å²) in [6.07, 6.45) is 4.70. The Morgan fingerprint density at radius 1 is 1.09 bits per heavy atom. The third-order valence-electron chi connectivity index (χ3n) is 7.05. The molecular formula is C29H31N2O+. The first-order valence-electron chi connectivity index (χ1n) is 13.8. The molecule has 0 N–H and O–H groups in total. The number of nitriles is 1. The largest absolute Gasteiger partial charge is 0.454 e. The minimum absolute atomic E-state index is 0.142. The maximum Gasteiger partial charge on any atom is 0.216 e. The predicted octanol–water partition coefficient (Wildman–Crippen LogP) is 7.23. The van der Waals surface area contributed by atoms with Crippen molar-refractivity contribution in [2.24, 2.45) is 7.05 Å². The quantitative estimate of drug-likeness (QED) is 0.316. The first-order valence-corrected chi connectivity index (χ1v) is 11.3. The molecular weight excluding hydrogens is 392 g/mol. The van der Waals surface area contributed by atoms with Gasteiger partial charge in [-0.1, -0.05) is 31.4 Å². The molecule has 0 bridgehead atoms. The van der Waals surface area contributed by atoms with Gasteiger partial charge in [-0.25, -0.2) is 0 Å². The Balaban J connectivity index is 1.85. The highest BCUT2D eigenvalue weighted by Gasteiger charge is 2.25. The van der Waals surface area contributed by atoms with Crippen LogP contribution in [0.4, 0.5) is 0 Å². The van der Waals surface area contributed by atoms with Crippen molar-refractivity contribution >= 4 is 21.9 Å². The summed E-state index contributed by atoms with van der Waals surface area (Å²) in [4.78, 5) is 0. The molecule has 0 unspecified atom stereocenters. The standard InChI is InChI=1S/C29H31N2O/c1-17-11-12-24-25-15-22(21-9-7-6-8-10-21)14-23(16-30)28(25)32-29(24)27(17)26-13-18(2)19(3)20(4)31(26)5/h11-15,21H,6-10H2,1-5H3/q+1/i3D3,13D,21D. The smallest absolute Gasteiger partial charge is 0.216 e. The van der Waals surface area contributed by atoms with Crippen molar-refractivity contribution in [2.45, 2.75) is 65.6 Å². The fraction of sp³-hybridized carbons (Fsp3) is 0.379. The summed E-state index contributed by atoms with van der Waals surface area (Å²) in [6.45, 7) is 3.07. The van der Waals surface area contributed by atoms with E-state index in [0.29, 0.717) is 39.2 Å². The summed E-state index contributed by atoms with van der Waals surface area (Å²) < 4.78 is 50.3. The van der Waals surface area contributed by atoms with Gasteiger partial charge in [0.05, 0.1) is 12.5 Å². The van der Waals surface area contributed by atoms with Crippen molar-refractivity contribution in [3.05, 3.63) is 63.8 Å². The molecule has 2 heterocycles. The molecule has 1 aliphatic carbocycles. The van der Waals surface area contributed by atoms with Crippen molar-refractivity contribution < 1.29 is 15.8 Å². The Kier molecular flexibility index (Phi) is 3.80. The molecule has 2 aromatic carbocycles. The molecule has 1 fully saturated rings. The highest BCUT2D eigenvalue weighted by atomic mass is 16.3. The number of fused-ring (bicyclic) bond motifs is 3. The van der Waals surface area contributed by atoms with Crippen molar-refractivity contribution in [1.82, 2.24) is 0 Å². The number of aromatic nitrogens is 1. The molecule has 4 aromatic rings. The van der Waals surface area contributed by atoms with Gasteiger partial charge in [0, 0.05) is 34.8 Å². The van der Waals surface area contributed by atoms with Gasteiger partial charge >= 0.3 is 0 Å². The summed E-state index contributed by atoms with van der Waals surface area (Å²) in [5, 5.41) is 11.6. The second-order valence-corrected chi connectivity index (χ2v) is 9.03. The van der Waals surface area contributed by atoms with Gasteiger partial charge < -0.3 is 4.42 Å². The van der Waals surface area contributed by atoms with Gasteiger partial charge in [-0.05, 0) is 68.3 Å². The lowest BCUT2D eigenvalue weighted by atomic mass is 9.83. The number of aryl methyl sites for hydroxylation is 1. The number of benzene rings is 2. The maximum atomic E-state index is 10.0. The van der Waals surface area contributed by atoms with E-state index in [1.165, 1.54) is 0 Å². The molecule has 0 spiro atoms. The van der Waals surface area contributed by atoms with Crippen LogP contribution in [0.25, 0.3) is 33.2 Å². The second-order valence-electron chi connectivity index (χ2n) is 9.03. The van der Waals surface area contributed by atoms with Crippen LogP contribution in [0, 0.1) is 39.0 Å². The van der Waals surface area contributed by atoms with Gasteiger partial charge in [0.1, 0.15) is 18.7 Å². The number of nitrogens with zero attached hydrogens (tertiary/aromatic N) is 2. The fourth-order valence-electron chi connectivity index (χ4n) is 5.05. The number of pyridine rings is 1. The van der Waals surface area contributed by atoms with E-state index in [2.05, 4.69) is 6.07 Å². The van der Waals surface area contributed by atoms with E-state index in [9.17, 15) is 5.26 Å². The van der Waals surface area contributed by atoms with E-state index in [4.69, 9.17) is 11.3 Å². The Hall–Kier alpha value is -3.12. The normalized spacial score (nSPS) is 18.5. The number of hydrogen-bond acceptors (Lipinski definition) is 2. The van der Waals surface area contributed by atoms with Crippen LogP contribution in [0.2, 0.25) is 0 Å². The minimum atomic E-state index is -2.33. The minimum Gasteiger partial charge on any atom is -0.454 e. The number of rotatable bonds is 2. The molecule has 0 atom stereocenters. The Morgan fingerprint density at radius 3 is 2.59 bits per heavy atom. The molecule has 2 aromatic heterocycles. The first-order chi connectivity index (χ1) is 17.4. The summed E-state index contributed by atoms with van der Waals surface area (Å²) in [5.74, 6) is -0.713. The Labute approximate surface area is 197 Å². The lowest BCUT2D eigenvalue weighted by Crippen LogP contribution is -2.36. The van der Waals surface area contributed by atoms with Crippen molar-refractivity contribution in [1.29, 1.82) is 5.26 Å². The summed E-state index contributed by atoms with van der Waals surface area (Å²) in [6, 6.07) is 10.2. The average Bonchev–Trinajstić information content (AvgIpc) is 3.22. The van der Waals surface area contributed by atoms with Crippen LogP contribution in [0.5, 0.6) is 0 Å². The summed E-state index contributed by atoms with van der Waals surface area (Å²) in [7, 11) is 1.78. The Morgan fingerprint density at radius 2 is 1.88 bits per heavy atom. The maximum absolute atomic E-state index is 10.0. The van der Waals surface area contributed by atoms with E-state index in [1.807, 2.05) is 31.2 Å². The lowest BCUT2D eigenvalue weighted by molar-refractivity contribution is -0.667. The third kappa shape index (κ3) is 3.13. The van der Waals surface area contributed by atoms with Crippen LogP contribution in [0.1, 0.15) is 78.4 Å². The predicted molar refractivity (Wildman–Crippen MR) is 130 cm³/mol. The molecule has 1 saturated carbocycles. The molecule has 3 nitrogen and oxygen atoms in total. The van der Waals surface area contributed by atoms with Crippen LogP contribution < -0.4 is 4.57 Å². The van der Waals surface area contributed by atoms with Gasteiger partial charge in [0.25, 0.3) is 0 Å². The lowest BCUT2D eigenvalue weighted by Gasteiger charge is -2.22. The monoisotopic (exact) mass is 428 g/mol. The van der Waals surface area contributed by atoms with Crippen LogP contribution in [0.3, 0.4) is 0 Å². The van der Waals surface area contributed by atoms with Crippen LogP contribution in [-0.4, -0.2) is 0 Å². The van der Waals surface area contributed by atoms with Gasteiger partial charge in [-0.3, -0.25) is 0 Å². The van der Waals surface area contributed by atoms with Crippen LogP contribution >= 0.6 is 0 Å². The van der Waals surface area contributed by atoms with Crippen molar-refractivity contribution in [3.8, 4) is 17.3 Å². The molecule has 0 saturated heterocycles. The van der Waals surface area contributed by atoms with Crippen LogP contribution in [0.15, 0.2) is 34.7 Å². The highest BCUT2D eigenvalue weighted by molar-refractivity contribution is 6.11. The van der Waals surface area contributed by atoms with E-state index < -0.39 is 12.7 Å². The molecule has 0 radical (unpaired) electrons.